The van der Waals surface area contributed by atoms with Crippen molar-refractivity contribution in [3.8, 4) is 17.2 Å². The van der Waals surface area contributed by atoms with E-state index < -0.39 is 0 Å². The van der Waals surface area contributed by atoms with Crippen LogP contribution < -0.4 is 15.4 Å². The van der Waals surface area contributed by atoms with E-state index in [2.05, 4.69) is 20.8 Å². The van der Waals surface area contributed by atoms with Gasteiger partial charge in [0.25, 0.3) is 0 Å². The van der Waals surface area contributed by atoms with Crippen LogP contribution >= 0.6 is 35.0 Å². The Labute approximate surface area is 240 Å². The first-order valence-electron chi connectivity index (χ1n) is 12.0. The zero-order valence-corrected chi connectivity index (χ0v) is 22.9. The van der Waals surface area contributed by atoms with Crippen molar-refractivity contribution in [3.05, 3.63) is 119 Å². The Morgan fingerprint density at radius 3 is 2.18 bits per heavy atom. The topological polar surface area (TPSA) is 81.1 Å². The average molecular weight is 577 g/mol. The van der Waals surface area contributed by atoms with Crippen molar-refractivity contribution in [3.63, 3.8) is 0 Å². The predicted octanol–water partition coefficient (Wildman–Crippen LogP) is 7.71. The van der Waals surface area contributed by atoms with Crippen LogP contribution in [0.15, 0.2) is 108 Å². The minimum Gasteiger partial charge on any atom is -0.457 e. The van der Waals surface area contributed by atoms with E-state index in [0.29, 0.717) is 39.0 Å². The number of aromatic nitrogens is 3. The normalized spacial score (nSPS) is 10.7. The van der Waals surface area contributed by atoms with Gasteiger partial charge in [0.1, 0.15) is 11.5 Å². The molecule has 0 aliphatic carbocycles. The summed E-state index contributed by atoms with van der Waals surface area (Å²) in [6, 6.07) is 31.9. The number of nitrogens with one attached hydrogen (secondary N) is 2. The Balaban J connectivity index is 1.23. The van der Waals surface area contributed by atoms with Gasteiger partial charge in [-0.3, -0.25) is 9.36 Å². The molecule has 0 atom stereocenters. The van der Waals surface area contributed by atoms with Crippen molar-refractivity contribution in [1.29, 1.82) is 0 Å². The highest BCUT2D eigenvalue weighted by Crippen LogP contribution is 2.27. The third-order valence-corrected chi connectivity index (χ3v) is 7.20. The fraction of sp³-hybridized carbons (Fsp3) is 0.0690. The van der Waals surface area contributed by atoms with Gasteiger partial charge in [-0.05, 0) is 66.7 Å². The van der Waals surface area contributed by atoms with Crippen molar-refractivity contribution in [2.24, 2.45) is 0 Å². The molecule has 1 heterocycles. The minimum atomic E-state index is -0.158. The number of halogens is 2. The van der Waals surface area contributed by atoms with Gasteiger partial charge in [-0.1, -0.05) is 71.4 Å². The van der Waals surface area contributed by atoms with Crippen LogP contribution in [0.4, 0.5) is 11.4 Å². The molecule has 5 aromatic rings. The lowest BCUT2D eigenvalue weighted by Gasteiger charge is -2.12. The van der Waals surface area contributed by atoms with Crippen LogP contribution in [-0.4, -0.2) is 26.4 Å². The fourth-order valence-electron chi connectivity index (χ4n) is 3.69. The van der Waals surface area contributed by atoms with E-state index in [1.165, 1.54) is 11.8 Å². The molecule has 5 rings (SSSR count). The maximum Gasteiger partial charge on any atom is 0.234 e. The van der Waals surface area contributed by atoms with Crippen LogP contribution in [0, 0.1) is 0 Å². The van der Waals surface area contributed by atoms with E-state index in [1.54, 1.807) is 24.3 Å². The summed E-state index contributed by atoms with van der Waals surface area (Å²) in [5.41, 5.74) is 2.38. The molecule has 1 amide bonds. The molecule has 0 fully saturated rings. The Morgan fingerprint density at radius 2 is 1.46 bits per heavy atom. The lowest BCUT2D eigenvalue weighted by molar-refractivity contribution is -0.113. The predicted molar refractivity (Wildman–Crippen MR) is 157 cm³/mol. The molecule has 7 nitrogen and oxygen atoms in total. The van der Waals surface area contributed by atoms with E-state index in [-0.39, 0.29) is 11.7 Å². The summed E-state index contributed by atoms with van der Waals surface area (Å²) in [5, 5.41) is 16.5. The van der Waals surface area contributed by atoms with Crippen LogP contribution in [0.1, 0.15) is 5.82 Å². The van der Waals surface area contributed by atoms with Gasteiger partial charge in [0.2, 0.25) is 5.91 Å². The number of rotatable bonds is 10. The molecule has 0 aliphatic heterocycles. The quantitative estimate of drug-likeness (QED) is 0.166. The zero-order valence-electron chi connectivity index (χ0n) is 20.6. The van der Waals surface area contributed by atoms with Crippen LogP contribution in [0.3, 0.4) is 0 Å². The van der Waals surface area contributed by atoms with Crippen molar-refractivity contribution in [2.45, 2.75) is 11.7 Å². The number of carbonyl (C=O) groups is 1. The number of thioether (sulfide) groups is 1. The van der Waals surface area contributed by atoms with Crippen LogP contribution in [0.5, 0.6) is 11.5 Å². The summed E-state index contributed by atoms with van der Waals surface area (Å²) < 4.78 is 7.74. The molecule has 10 heteroatoms. The zero-order chi connectivity index (χ0) is 27.0. The average Bonchev–Trinajstić information content (AvgIpc) is 3.37. The highest BCUT2D eigenvalue weighted by molar-refractivity contribution is 7.99. The van der Waals surface area contributed by atoms with Gasteiger partial charge in [0.15, 0.2) is 11.0 Å². The summed E-state index contributed by atoms with van der Waals surface area (Å²) in [4.78, 5) is 12.7. The summed E-state index contributed by atoms with van der Waals surface area (Å²) in [6.07, 6.45) is 0. The highest BCUT2D eigenvalue weighted by Gasteiger charge is 2.16. The molecular formula is C29H23Cl2N5O2S. The van der Waals surface area contributed by atoms with Gasteiger partial charge in [0.05, 0.1) is 22.3 Å². The SMILES string of the molecule is O=C(CSc1nnc(CNc2ccc(Cl)c(Cl)c2)n1-c1ccccc1)Nc1ccc(Oc2ccccc2)cc1. The maximum atomic E-state index is 12.7. The molecular weight excluding hydrogens is 553 g/mol. The molecule has 4 aromatic carbocycles. The number of nitrogens with zero attached hydrogens (tertiary/aromatic N) is 3. The summed E-state index contributed by atoms with van der Waals surface area (Å²) in [7, 11) is 0. The van der Waals surface area contributed by atoms with Crippen molar-refractivity contribution < 1.29 is 9.53 Å². The molecule has 196 valence electrons. The second-order valence-corrected chi connectivity index (χ2v) is 10.1. The fourth-order valence-corrected chi connectivity index (χ4v) is 4.76. The largest absolute Gasteiger partial charge is 0.457 e. The molecule has 0 spiro atoms. The molecule has 0 unspecified atom stereocenters. The minimum absolute atomic E-state index is 0.158. The van der Waals surface area contributed by atoms with Crippen molar-refractivity contribution in [2.75, 3.05) is 16.4 Å². The number of hydrogen-bond acceptors (Lipinski definition) is 6. The van der Waals surface area contributed by atoms with E-state index in [4.69, 9.17) is 27.9 Å². The first-order chi connectivity index (χ1) is 19.0. The standard InChI is InChI=1S/C29H23Cl2N5O2S/c30-25-16-13-21(17-26(25)31)32-18-27-34-35-29(36(27)22-7-3-1-4-8-22)39-19-28(37)33-20-11-14-24(15-12-20)38-23-9-5-2-6-10-23/h1-17,32H,18-19H2,(H,33,37). The summed E-state index contributed by atoms with van der Waals surface area (Å²) in [5.74, 6) is 2.12. The second kappa shape index (κ2) is 12.7. The smallest absolute Gasteiger partial charge is 0.234 e. The second-order valence-electron chi connectivity index (χ2n) is 8.33. The summed E-state index contributed by atoms with van der Waals surface area (Å²) in [6.45, 7) is 0.393. The molecule has 39 heavy (non-hydrogen) atoms. The Morgan fingerprint density at radius 1 is 0.795 bits per heavy atom. The summed E-state index contributed by atoms with van der Waals surface area (Å²) >= 11 is 13.5. The number of anilines is 2. The van der Waals surface area contributed by atoms with Gasteiger partial charge in [-0.15, -0.1) is 10.2 Å². The van der Waals surface area contributed by atoms with Crippen LogP contribution in [-0.2, 0) is 11.3 Å². The highest BCUT2D eigenvalue weighted by atomic mass is 35.5. The number of ether oxygens (including phenoxy) is 1. The number of hydrogen-bond donors (Lipinski definition) is 2. The van der Waals surface area contributed by atoms with E-state index in [0.717, 1.165) is 17.1 Å². The van der Waals surface area contributed by atoms with Crippen LogP contribution in [0.25, 0.3) is 5.69 Å². The lowest BCUT2D eigenvalue weighted by Crippen LogP contribution is -2.15. The molecule has 0 saturated heterocycles. The molecule has 2 N–H and O–H groups in total. The Bertz CT molecular complexity index is 1550. The molecule has 0 aliphatic rings. The maximum absolute atomic E-state index is 12.7. The van der Waals surface area contributed by atoms with Gasteiger partial charge in [-0.25, -0.2) is 0 Å². The van der Waals surface area contributed by atoms with E-state index in [9.17, 15) is 4.79 Å². The van der Waals surface area contributed by atoms with E-state index >= 15 is 0 Å². The van der Waals surface area contributed by atoms with Gasteiger partial charge in [-0.2, -0.15) is 0 Å². The number of carbonyl (C=O) groups excluding carboxylic acids is 1. The number of para-hydroxylation sites is 2. The lowest BCUT2D eigenvalue weighted by atomic mass is 10.3. The third-order valence-electron chi connectivity index (χ3n) is 5.53. The molecule has 0 bridgehead atoms. The first kappa shape index (κ1) is 26.6. The first-order valence-corrected chi connectivity index (χ1v) is 13.7. The van der Waals surface area contributed by atoms with E-state index in [1.807, 2.05) is 83.4 Å². The van der Waals surface area contributed by atoms with Crippen molar-refractivity contribution >= 4 is 52.2 Å². The number of benzene rings is 4. The third kappa shape index (κ3) is 7.11. The van der Waals surface area contributed by atoms with Gasteiger partial charge >= 0.3 is 0 Å². The molecule has 1 aromatic heterocycles. The molecule has 0 saturated carbocycles. The van der Waals surface area contributed by atoms with Gasteiger partial charge < -0.3 is 15.4 Å². The monoisotopic (exact) mass is 575 g/mol. The van der Waals surface area contributed by atoms with Crippen LogP contribution in [0.2, 0.25) is 10.0 Å². The number of amides is 1. The Kier molecular flexibility index (Phi) is 8.68. The van der Waals surface area contributed by atoms with Gasteiger partial charge in [0, 0.05) is 17.1 Å². The Hall–Kier alpha value is -3.98. The van der Waals surface area contributed by atoms with Crippen molar-refractivity contribution in [1.82, 2.24) is 14.8 Å². The molecule has 0 radical (unpaired) electrons.